The first kappa shape index (κ1) is 22.7. The molecule has 2 aromatic carbocycles. The molecule has 2 heterocycles. The number of hydrazone groups is 1. The van der Waals surface area contributed by atoms with Gasteiger partial charge in [-0.3, -0.25) is 9.69 Å². The van der Waals surface area contributed by atoms with Crippen LogP contribution in [0.3, 0.4) is 0 Å². The highest BCUT2D eigenvalue weighted by atomic mass is 16.2. The lowest BCUT2D eigenvalue weighted by Gasteiger charge is -2.34. The zero-order valence-electron chi connectivity index (χ0n) is 20.2. The van der Waals surface area contributed by atoms with Gasteiger partial charge in [-0.2, -0.15) is 5.10 Å². The number of likely N-dealkylation sites (N-methyl/N-ethyl adjacent to an activating group) is 1. The van der Waals surface area contributed by atoms with Gasteiger partial charge in [0.15, 0.2) is 0 Å². The maximum Gasteiger partial charge on any atom is 0.257 e. The number of carbonyl (C=O) groups excluding carboxylic acids is 1. The van der Waals surface area contributed by atoms with E-state index in [1.54, 1.807) is 5.01 Å². The molecule has 0 bridgehead atoms. The van der Waals surface area contributed by atoms with Gasteiger partial charge in [-0.1, -0.05) is 54.4 Å². The summed E-state index contributed by atoms with van der Waals surface area (Å²) >= 11 is 0. The van der Waals surface area contributed by atoms with Crippen molar-refractivity contribution in [3.05, 3.63) is 69.8 Å². The molecule has 0 unspecified atom stereocenters. The Morgan fingerprint density at radius 1 is 0.906 bits per heavy atom. The van der Waals surface area contributed by atoms with E-state index in [-0.39, 0.29) is 11.9 Å². The summed E-state index contributed by atoms with van der Waals surface area (Å²) in [4.78, 5) is 18.2. The van der Waals surface area contributed by atoms with Crippen LogP contribution in [0, 0.1) is 27.7 Å². The molecule has 0 saturated carbocycles. The summed E-state index contributed by atoms with van der Waals surface area (Å²) < 4.78 is 0. The quantitative estimate of drug-likeness (QED) is 0.710. The fourth-order valence-electron chi connectivity index (χ4n) is 4.93. The molecule has 0 radical (unpaired) electrons. The molecule has 1 atom stereocenters. The van der Waals surface area contributed by atoms with E-state index in [9.17, 15) is 4.79 Å². The van der Waals surface area contributed by atoms with Crippen LogP contribution in [-0.2, 0) is 4.79 Å². The van der Waals surface area contributed by atoms with Crippen molar-refractivity contribution in [1.29, 1.82) is 0 Å². The third kappa shape index (κ3) is 4.79. The summed E-state index contributed by atoms with van der Waals surface area (Å²) in [7, 11) is 0. The topological polar surface area (TPSA) is 39.1 Å². The zero-order chi connectivity index (χ0) is 22.8. The minimum atomic E-state index is -0.0463. The van der Waals surface area contributed by atoms with Crippen molar-refractivity contribution < 1.29 is 4.79 Å². The summed E-state index contributed by atoms with van der Waals surface area (Å²) in [6.07, 6.45) is 0.754. The molecule has 1 saturated heterocycles. The van der Waals surface area contributed by atoms with Crippen molar-refractivity contribution in [1.82, 2.24) is 14.8 Å². The van der Waals surface area contributed by atoms with Gasteiger partial charge in [0, 0.05) is 38.2 Å². The van der Waals surface area contributed by atoms with Gasteiger partial charge in [0.1, 0.15) is 0 Å². The second-order valence-corrected chi connectivity index (χ2v) is 9.39. The lowest BCUT2D eigenvalue weighted by Crippen LogP contribution is -2.49. The summed E-state index contributed by atoms with van der Waals surface area (Å²) in [6, 6.07) is 13.0. The van der Waals surface area contributed by atoms with Crippen LogP contribution in [0.5, 0.6) is 0 Å². The van der Waals surface area contributed by atoms with E-state index >= 15 is 0 Å². The van der Waals surface area contributed by atoms with Crippen molar-refractivity contribution in [2.75, 3.05) is 39.3 Å². The summed E-state index contributed by atoms with van der Waals surface area (Å²) in [5, 5.41) is 6.72. The number of carbonyl (C=O) groups is 1. The molecule has 1 fully saturated rings. The first-order valence-electron chi connectivity index (χ1n) is 11.8. The molecule has 5 nitrogen and oxygen atoms in total. The molecule has 170 valence electrons. The molecule has 1 amide bonds. The molecule has 0 spiro atoms. The zero-order valence-corrected chi connectivity index (χ0v) is 20.2. The van der Waals surface area contributed by atoms with Crippen LogP contribution in [0.25, 0.3) is 0 Å². The molecule has 5 heteroatoms. The predicted octanol–water partition coefficient (Wildman–Crippen LogP) is 4.24. The summed E-state index contributed by atoms with van der Waals surface area (Å²) in [5.74, 6) is 0.0978. The molecule has 0 N–H and O–H groups in total. The fourth-order valence-corrected chi connectivity index (χ4v) is 4.93. The smallest absolute Gasteiger partial charge is 0.257 e. The van der Waals surface area contributed by atoms with Crippen LogP contribution in [0.4, 0.5) is 0 Å². The molecule has 2 aliphatic rings. The van der Waals surface area contributed by atoms with E-state index in [2.05, 4.69) is 80.8 Å². The van der Waals surface area contributed by atoms with Crippen molar-refractivity contribution in [3.8, 4) is 0 Å². The van der Waals surface area contributed by atoms with Gasteiger partial charge in [-0.25, -0.2) is 5.01 Å². The van der Waals surface area contributed by atoms with Crippen molar-refractivity contribution in [2.45, 2.75) is 47.1 Å². The molecule has 4 rings (SSSR count). The predicted molar refractivity (Wildman–Crippen MR) is 131 cm³/mol. The second kappa shape index (κ2) is 9.55. The largest absolute Gasteiger partial charge is 0.301 e. The van der Waals surface area contributed by atoms with E-state index in [4.69, 9.17) is 5.10 Å². The lowest BCUT2D eigenvalue weighted by atomic mass is 9.92. The number of piperazine rings is 1. The Kier molecular flexibility index (Phi) is 6.77. The third-order valence-corrected chi connectivity index (χ3v) is 6.92. The Bertz CT molecular complexity index is 1020. The highest BCUT2D eigenvalue weighted by molar-refractivity contribution is 6.04. The normalized spacial score (nSPS) is 20.0. The maximum absolute atomic E-state index is 13.5. The van der Waals surface area contributed by atoms with Crippen LogP contribution in [0.1, 0.15) is 52.8 Å². The average Bonchev–Trinajstić information content (AvgIpc) is 3.21. The number of hydrogen-bond donors (Lipinski definition) is 0. The molecular weight excluding hydrogens is 396 g/mol. The van der Waals surface area contributed by atoms with Gasteiger partial charge in [-0.15, -0.1) is 0 Å². The average molecular weight is 433 g/mol. The standard InChI is InChI=1S/C27H36N4O/c1-6-29-11-13-30(14-12-29)18-27(32)31-26(24-16-20(3)7-9-21(24)4)17-25(28-31)23-10-8-19(2)15-22(23)5/h7-10,15-16,26H,6,11-14,17-18H2,1-5H3/t26-/m0/s1. The molecule has 2 aromatic rings. The third-order valence-electron chi connectivity index (χ3n) is 6.92. The van der Waals surface area contributed by atoms with Gasteiger partial charge in [-0.05, 0) is 50.9 Å². The van der Waals surface area contributed by atoms with Crippen LogP contribution in [-0.4, -0.2) is 65.7 Å². The Labute approximate surface area is 192 Å². The Balaban J connectivity index is 1.62. The highest BCUT2D eigenvalue weighted by Crippen LogP contribution is 2.35. The maximum atomic E-state index is 13.5. The van der Waals surface area contributed by atoms with Crippen LogP contribution in [0.2, 0.25) is 0 Å². The molecule has 2 aliphatic heterocycles. The number of hydrogen-bond acceptors (Lipinski definition) is 4. The number of rotatable bonds is 5. The lowest BCUT2D eigenvalue weighted by molar-refractivity contribution is -0.134. The molecule has 0 aliphatic carbocycles. The number of nitrogens with zero attached hydrogens (tertiary/aromatic N) is 4. The van der Waals surface area contributed by atoms with E-state index in [1.807, 2.05) is 0 Å². The number of amides is 1. The molecule has 32 heavy (non-hydrogen) atoms. The van der Waals surface area contributed by atoms with Crippen molar-refractivity contribution in [3.63, 3.8) is 0 Å². The minimum Gasteiger partial charge on any atom is -0.301 e. The van der Waals surface area contributed by atoms with Gasteiger partial charge in [0.2, 0.25) is 0 Å². The van der Waals surface area contributed by atoms with E-state index in [0.717, 1.165) is 50.4 Å². The first-order chi connectivity index (χ1) is 15.4. The van der Waals surface area contributed by atoms with Gasteiger partial charge < -0.3 is 4.90 Å². The van der Waals surface area contributed by atoms with Crippen molar-refractivity contribution in [2.24, 2.45) is 5.10 Å². The summed E-state index contributed by atoms with van der Waals surface area (Å²) in [5.41, 5.74) is 8.26. The van der Waals surface area contributed by atoms with Crippen LogP contribution >= 0.6 is 0 Å². The monoisotopic (exact) mass is 432 g/mol. The SMILES string of the molecule is CCN1CCN(CC(=O)N2N=C(c3ccc(C)cc3C)C[C@H]2c2cc(C)ccc2C)CC1. The van der Waals surface area contributed by atoms with Gasteiger partial charge in [0.25, 0.3) is 5.91 Å². The Morgan fingerprint density at radius 3 is 2.25 bits per heavy atom. The van der Waals surface area contributed by atoms with Crippen LogP contribution < -0.4 is 0 Å². The number of aryl methyl sites for hydroxylation is 4. The van der Waals surface area contributed by atoms with Crippen molar-refractivity contribution >= 4 is 11.6 Å². The molecule has 0 aromatic heterocycles. The van der Waals surface area contributed by atoms with E-state index in [1.165, 1.54) is 27.8 Å². The Hall–Kier alpha value is -2.50. The first-order valence-corrected chi connectivity index (χ1v) is 11.8. The fraction of sp³-hybridized carbons (Fsp3) is 0.481. The highest BCUT2D eigenvalue weighted by Gasteiger charge is 2.35. The van der Waals surface area contributed by atoms with Gasteiger partial charge >= 0.3 is 0 Å². The van der Waals surface area contributed by atoms with Gasteiger partial charge in [0.05, 0.1) is 18.3 Å². The minimum absolute atomic E-state index is 0.0463. The molecular formula is C27H36N4O. The number of benzene rings is 2. The summed E-state index contributed by atoms with van der Waals surface area (Å²) in [6.45, 7) is 16.1. The van der Waals surface area contributed by atoms with Crippen LogP contribution in [0.15, 0.2) is 41.5 Å². The second-order valence-electron chi connectivity index (χ2n) is 9.39. The van der Waals surface area contributed by atoms with E-state index in [0.29, 0.717) is 6.54 Å². The van der Waals surface area contributed by atoms with E-state index < -0.39 is 0 Å². The Morgan fingerprint density at radius 2 is 1.56 bits per heavy atom.